The number of para-hydroxylation sites is 2. The van der Waals surface area contributed by atoms with Gasteiger partial charge >= 0.3 is 0 Å². The number of thioether (sulfide) groups is 1. The molecule has 5 heteroatoms. The quantitative estimate of drug-likeness (QED) is 0.848. The molecule has 1 amide bonds. The van der Waals surface area contributed by atoms with Gasteiger partial charge in [-0.15, -0.1) is 0 Å². The first-order chi connectivity index (χ1) is 11.8. The molecule has 2 aromatic rings. The predicted molar refractivity (Wildman–Crippen MR) is 97.3 cm³/mol. The van der Waals surface area contributed by atoms with E-state index in [1.54, 1.807) is 0 Å². The maximum Gasteiger partial charge on any atom is 0.264 e. The standard InChI is InChI=1S/C19H14N2O2S/c22-18-17(24-19(21-18)20-15-7-2-1-3-8-15)11-13-10-14-6-4-5-9-16(14)23-12-13/h1-11H,12H2,(H,20,21,22)/b17-11+. The van der Waals surface area contributed by atoms with Crippen molar-refractivity contribution in [3.05, 3.63) is 76.7 Å². The lowest BCUT2D eigenvalue weighted by atomic mass is 10.1. The smallest absolute Gasteiger partial charge is 0.264 e. The summed E-state index contributed by atoms with van der Waals surface area (Å²) < 4.78 is 5.72. The second-order valence-corrected chi connectivity index (χ2v) is 6.39. The summed E-state index contributed by atoms with van der Waals surface area (Å²) in [5.41, 5.74) is 2.81. The zero-order valence-electron chi connectivity index (χ0n) is 12.7. The first kappa shape index (κ1) is 14.8. The van der Waals surface area contributed by atoms with Crippen LogP contribution in [-0.2, 0) is 4.79 Å². The average molecular weight is 334 g/mol. The molecule has 0 spiro atoms. The highest BCUT2D eigenvalue weighted by atomic mass is 32.2. The number of ether oxygens (including phenoxy) is 1. The third kappa shape index (κ3) is 3.12. The van der Waals surface area contributed by atoms with Crippen molar-refractivity contribution >= 4 is 34.6 Å². The van der Waals surface area contributed by atoms with E-state index in [1.165, 1.54) is 11.8 Å². The van der Waals surface area contributed by atoms with E-state index in [-0.39, 0.29) is 5.91 Å². The molecule has 2 aromatic carbocycles. The van der Waals surface area contributed by atoms with Crippen molar-refractivity contribution in [2.24, 2.45) is 4.99 Å². The lowest BCUT2D eigenvalue weighted by Gasteiger charge is -2.15. The maximum absolute atomic E-state index is 12.1. The van der Waals surface area contributed by atoms with E-state index in [9.17, 15) is 4.79 Å². The number of rotatable bonds is 2. The number of hydrogen-bond acceptors (Lipinski definition) is 4. The zero-order valence-corrected chi connectivity index (χ0v) is 13.5. The minimum atomic E-state index is -0.130. The molecule has 2 aliphatic heterocycles. The summed E-state index contributed by atoms with van der Waals surface area (Å²) in [5, 5.41) is 3.39. The van der Waals surface area contributed by atoms with Crippen LogP contribution in [0.4, 0.5) is 5.69 Å². The molecule has 0 unspecified atom stereocenters. The van der Waals surface area contributed by atoms with Gasteiger partial charge in [0.05, 0.1) is 10.6 Å². The zero-order chi connectivity index (χ0) is 16.4. The third-order valence-electron chi connectivity index (χ3n) is 3.61. The Morgan fingerprint density at radius 2 is 1.88 bits per heavy atom. The van der Waals surface area contributed by atoms with E-state index in [2.05, 4.69) is 10.3 Å². The Balaban J connectivity index is 1.57. The van der Waals surface area contributed by atoms with Crippen LogP contribution in [0.2, 0.25) is 0 Å². The maximum atomic E-state index is 12.1. The molecule has 24 heavy (non-hydrogen) atoms. The molecule has 1 N–H and O–H groups in total. The van der Waals surface area contributed by atoms with Gasteiger partial charge in [-0.2, -0.15) is 0 Å². The molecule has 118 valence electrons. The van der Waals surface area contributed by atoms with Crippen molar-refractivity contribution < 1.29 is 9.53 Å². The predicted octanol–water partition coefficient (Wildman–Crippen LogP) is 3.90. The van der Waals surface area contributed by atoms with Crippen LogP contribution in [0, 0.1) is 0 Å². The van der Waals surface area contributed by atoms with Crippen LogP contribution in [0.5, 0.6) is 5.75 Å². The third-order valence-corrected chi connectivity index (χ3v) is 4.52. The Kier molecular flexibility index (Phi) is 3.92. The Bertz CT molecular complexity index is 885. The number of nitrogens with zero attached hydrogens (tertiary/aromatic N) is 1. The number of nitrogens with one attached hydrogen (secondary N) is 1. The van der Waals surface area contributed by atoms with Crippen molar-refractivity contribution in [1.82, 2.24) is 5.32 Å². The molecule has 0 aliphatic carbocycles. The van der Waals surface area contributed by atoms with Crippen LogP contribution >= 0.6 is 11.8 Å². The number of fused-ring (bicyclic) bond motifs is 1. The minimum absolute atomic E-state index is 0.130. The summed E-state index contributed by atoms with van der Waals surface area (Å²) in [6.07, 6.45) is 3.91. The number of aliphatic imine (C=N–C) groups is 1. The summed E-state index contributed by atoms with van der Waals surface area (Å²) in [4.78, 5) is 17.2. The Hall–Kier alpha value is -2.79. The van der Waals surface area contributed by atoms with Crippen LogP contribution in [-0.4, -0.2) is 17.7 Å². The molecular weight excluding hydrogens is 320 g/mol. The number of hydrogen-bond donors (Lipinski definition) is 1. The van der Waals surface area contributed by atoms with Gasteiger partial charge in [0.1, 0.15) is 12.4 Å². The SMILES string of the molecule is O=C1NC(=Nc2ccccc2)S/C1=C/C1=Cc2ccccc2OC1. The fourth-order valence-corrected chi connectivity index (χ4v) is 3.34. The first-order valence-corrected chi connectivity index (χ1v) is 8.37. The molecule has 0 aromatic heterocycles. The van der Waals surface area contributed by atoms with Gasteiger partial charge in [-0.25, -0.2) is 4.99 Å². The first-order valence-electron chi connectivity index (χ1n) is 7.55. The lowest BCUT2D eigenvalue weighted by molar-refractivity contribution is -0.115. The summed E-state index contributed by atoms with van der Waals surface area (Å²) in [5.74, 6) is 0.740. The Labute approximate surface area is 143 Å². The van der Waals surface area contributed by atoms with Crippen molar-refractivity contribution in [3.8, 4) is 5.75 Å². The van der Waals surface area contributed by atoms with E-state index < -0.39 is 0 Å². The van der Waals surface area contributed by atoms with Crippen LogP contribution in [0.3, 0.4) is 0 Å². The number of benzene rings is 2. The second kappa shape index (κ2) is 6.37. The topological polar surface area (TPSA) is 50.7 Å². The Morgan fingerprint density at radius 3 is 2.75 bits per heavy atom. The second-order valence-electron chi connectivity index (χ2n) is 5.36. The molecule has 1 fully saturated rings. The van der Waals surface area contributed by atoms with E-state index in [4.69, 9.17) is 4.74 Å². The van der Waals surface area contributed by atoms with Crippen molar-refractivity contribution in [2.45, 2.75) is 0 Å². The highest BCUT2D eigenvalue weighted by Gasteiger charge is 2.24. The van der Waals surface area contributed by atoms with Gasteiger partial charge in [0.25, 0.3) is 5.91 Å². The fourth-order valence-electron chi connectivity index (χ4n) is 2.49. The summed E-state index contributed by atoms with van der Waals surface area (Å²) >= 11 is 1.34. The van der Waals surface area contributed by atoms with Crippen LogP contribution in [0.1, 0.15) is 5.56 Å². The molecule has 0 radical (unpaired) electrons. The summed E-state index contributed by atoms with van der Waals surface area (Å²) in [6, 6.07) is 17.4. The fraction of sp³-hybridized carbons (Fsp3) is 0.0526. The van der Waals surface area contributed by atoms with Crippen LogP contribution < -0.4 is 10.1 Å². The van der Waals surface area contributed by atoms with Crippen LogP contribution in [0.15, 0.2) is 76.1 Å². The summed E-state index contributed by atoms with van der Waals surface area (Å²) in [6.45, 7) is 0.458. The number of carbonyl (C=O) groups is 1. The van der Waals surface area contributed by atoms with Gasteiger partial charge < -0.3 is 10.1 Å². The highest BCUT2D eigenvalue weighted by molar-refractivity contribution is 8.18. The van der Waals surface area contributed by atoms with Gasteiger partial charge in [-0.1, -0.05) is 36.4 Å². The molecule has 4 rings (SSSR count). The molecule has 1 saturated heterocycles. The van der Waals surface area contributed by atoms with Gasteiger partial charge in [0.2, 0.25) is 0 Å². The van der Waals surface area contributed by atoms with Crippen molar-refractivity contribution in [3.63, 3.8) is 0 Å². The number of amides is 1. The van der Waals surface area contributed by atoms with Gasteiger partial charge in [0, 0.05) is 5.56 Å². The highest BCUT2D eigenvalue weighted by Crippen LogP contribution is 2.30. The molecule has 2 aliphatic rings. The van der Waals surface area contributed by atoms with Crippen molar-refractivity contribution in [1.29, 1.82) is 0 Å². The number of amidine groups is 1. The molecule has 0 saturated carbocycles. The minimum Gasteiger partial charge on any atom is -0.488 e. The lowest BCUT2D eigenvalue weighted by Crippen LogP contribution is -2.19. The molecular formula is C19H14N2O2S. The van der Waals surface area contributed by atoms with Gasteiger partial charge in [0.15, 0.2) is 5.17 Å². The van der Waals surface area contributed by atoms with E-state index in [0.717, 1.165) is 22.6 Å². The monoisotopic (exact) mass is 334 g/mol. The molecule has 0 bridgehead atoms. The Morgan fingerprint density at radius 1 is 1.08 bits per heavy atom. The van der Waals surface area contributed by atoms with Gasteiger partial charge in [-0.05, 0) is 47.7 Å². The molecule has 4 nitrogen and oxygen atoms in total. The van der Waals surface area contributed by atoms with E-state index >= 15 is 0 Å². The van der Waals surface area contributed by atoms with Crippen molar-refractivity contribution in [2.75, 3.05) is 6.61 Å². The summed E-state index contributed by atoms with van der Waals surface area (Å²) in [7, 11) is 0. The number of carbonyl (C=O) groups excluding carboxylic acids is 1. The van der Waals surface area contributed by atoms with Crippen LogP contribution in [0.25, 0.3) is 6.08 Å². The normalized spacial score (nSPS) is 19.7. The largest absolute Gasteiger partial charge is 0.488 e. The molecule has 0 atom stereocenters. The average Bonchev–Trinajstić information content (AvgIpc) is 2.95. The van der Waals surface area contributed by atoms with E-state index in [1.807, 2.05) is 66.7 Å². The van der Waals surface area contributed by atoms with E-state index in [0.29, 0.717) is 16.7 Å². The van der Waals surface area contributed by atoms with Gasteiger partial charge in [-0.3, -0.25) is 4.79 Å². The molecule has 2 heterocycles.